The number of hydrogen-bond acceptors (Lipinski definition) is 4. The van der Waals surface area contributed by atoms with Crippen LogP contribution in [0, 0.1) is 19.7 Å². The predicted octanol–water partition coefficient (Wildman–Crippen LogP) is 4.10. The zero-order valence-electron chi connectivity index (χ0n) is 13.0. The van der Waals surface area contributed by atoms with E-state index in [4.69, 9.17) is 0 Å². The van der Waals surface area contributed by atoms with Crippen molar-refractivity contribution in [3.8, 4) is 0 Å². The summed E-state index contributed by atoms with van der Waals surface area (Å²) in [4.78, 5) is 11.4. The molecular formula is C18H16FN3S. The minimum absolute atomic E-state index is 0.191. The number of aliphatic imine (C=N–C) groups is 1. The summed E-state index contributed by atoms with van der Waals surface area (Å²) in [5.74, 6) is 0.659. The smallest absolute Gasteiger partial charge is 0.139 e. The van der Waals surface area contributed by atoms with Crippen molar-refractivity contribution in [3.63, 3.8) is 0 Å². The van der Waals surface area contributed by atoms with Gasteiger partial charge in [0.15, 0.2) is 0 Å². The molecule has 3 heterocycles. The van der Waals surface area contributed by atoms with Gasteiger partial charge in [-0.1, -0.05) is 18.2 Å². The summed E-state index contributed by atoms with van der Waals surface area (Å²) in [6, 6.07) is 8.93. The largest absolute Gasteiger partial charge is 0.365 e. The Kier molecular flexibility index (Phi) is 3.38. The van der Waals surface area contributed by atoms with Crippen molar-refractivity contribution in [1.82, 2.24) is 10.3 Å². The molecule has 0 saturated heterocycles. The Bertz CT molecular complexity index is 943. The molecule has 1 aliphatic heterocycles. The molecule has 0 unspecified atom stereocenters. The van der Waals surface area contributed by atoms with Crippen molar-refractivity contribution in [1.29, 1.82) is 0 Å². The number of nitrogens with zero attached hydrogens (tertiary/aromatic N) is 2. The molecule has 3 aromatic rings. The molecule has 1 aromatic carbocycles. The van der Waals surface area contributed by atoms with Crippen LogP contribution >= 0.6 is 11.3 Å². The molecule has 0 saturated carbocycles. The molecule has 23 heavy (non-hydrogen) atoms. The van der Waals surface area contributed by atoms with Crippen LogP contribution in [0.4, 0.5) is 4.39 Å². The van der Waals surface area contributed by atoms with E-state index in [0.717, 1.165) is 21.2 Å². The van der Waals surface area contributed by atoms with Crippen molar-refractivity contribution in [2.75, 3.05) is 0 Å². The molecule has 4 rings (SSSR count). The van der Waals surface area contributed by atoms with E-state index in [9.17, 15) is 4.39 Å². The van der Waals surface area contributed by atoms with E-state index in [1.54, 1.807) is 23.5 Å². The molecule has 0 amide bonds. The summed E-state index contributed by atoms with van der Waals surface area (Å²) >= 11 is 1.66. The molecule has 0 atom stereocenters. The zero-order chi connectivity index (χ0) is 16.0. The van der Waals surface area contributed by atoms with Gasteiger partial charge < -0.3 is 5.32 Å². The Labute approximate surface area is 137 Å². The Hall–Kier alpha value is -2.27. The summed E-state index contributed by atoms with van der Waals surface area (Å²) < 4.78 is 13.7. The quantitative estimate of drug-likeness (QED) is 0.770. The molecule has 0 fully saturated rings. The zero-order valence-corrected chi connectivity index (χ0v) is 13.8. The first-order valence-electron chi connectivity index (χ1n) is 7.55. The van der Waals surface area contributed by atoms with Crippen molar-refractivity contribution in [2.24, 2.45) is 4.99 Å². The van der Waals surface area contributed by atoms with Crippen molar-refractivity contribution >= 4 is 27.4 Å². The van der Waals surface area contributed by atoms with Crippen molar-refractivity contribution < 1.29 is 4.39 Å². The standard InChI is InChI=1S/C18H16FN3S/c1-10-7-11(2)22-18-15(10)13-9-21-17(16(13)23-18)20-8-12-5-3-4-6-14(12)19/h3-7H,8-9H2,1-2H3,(H,20,21). The molecular weight excluding hydrogens is 309 g/mol. The van der Waals surface area contributed by atoms with E-state index in [1.165, 1.54) is 22.6 Å². The summed E-state index contributed by atoms with van der Waals surface area (Å²) in [6.45, 7) is 5.24. The first-order chi connectivity index (χ1) is 11.1. The van der Waals surface area contributed by atoms with E-state index in [1.807, 2.05) is 13.0 Å². The van der Waals surface area contributed by atoms with E-state index >= 15 is 0 Å². The number of amidine groups is 1. The van der Waals surface area contributed by atoms with Gasteiger partial charge in [0, 0.05) is 28.8 Å². The number of fused-ring (bicyclic) bond motifs is 3. The van der Waals surface area contributed by atoms with Gasteiger partial charge in [0.2, 0.25) is 0 Å². The summed E-state index contributed by atoms with van der Waals surface area (Å²) in [5.41, 5.74) is 4.17. The molecule has 5 heteroatoms. The highest BCUT2D eigenvalue weighted by molar-refractivity contribution is 7.20. The second-order valence-electron chi connectivity index (χ2n) is 5.78. The fraction of sp³-hybridized carbons (Fsp3) is 0.222. The third-order valence-corrected chi connectivity index (χ3v) is 5.23. The first kappa shape index (κ1) is 14.3. The lowest BCUT2D eigenvalue weighted by molar-refractivity contribution is 0.606. The fourth-order valence-electron chi connectivity index (χ4n) is 3.04. The van der Waals surface area contributed by atoms with Gasteiger partial charge in [0.1, 0.15) is 16.5 Å². The average molecular weight is 325 g/mol. The predicted molar refractivity (Wildman–Crippen MR) is 92.6 cm³/mol. The highest BCUT2D eigenvalue weighted by Gasteiger charge is 2.23. The van der Waals surface area contributed by atoms with Crippen LogP contribution in [0.1, 0.15) is 27.3 Å². The van der Waals surface area contributed by atoms with Gasteiger partial charge in [-0.25, -0.2) is 9.37 Å². The molecule has 1 N–H and O–H groups in total. The van der Waals surface area contributed by atoms with Crippen LogP contribution in [-0.2, 0) is 13.1 Å². The van der Waals surface area contributed by atoms with E-state index < -0.39 is 0 Å². The van der Waals surface area contributed by atoms with Gasteiger partial charge >= 0.3 is 0 Å². The highest BCUT2D eigenvalue weighted by Crippen LogP contribution is 2.36. The topological polar surface area (TPSA) is 37.3 Å². The fourth-order valence-corrected chi connectivity index (χ4v) is 4.34. The molecule has 2 aromatic heterocycles. The third kappa shape index (κ3) is 2.41. The molecule has 116 valence electrons. The lowest BCUT2D eigenvalue weighted by atomic mass is 10.1. The maximum Gasteiger partial charge on any atom is 0.139 e. The van der Waals surface area contributed by atoms with Crippen LogP contribution in [0.25, 0.3) is 10.2 Å². The number of thiophene rings is 1. The number of rotatable bonds is 2. The van der Waals surface area contributed by atoms with Crippen LogP contribution < -0.4 is 5.32 Å². The number of aromatic nitrogens is 1. The second-order valence-corrected chi connectivity index (χ2v) is 6.78. The van der Waals surface area contributed by atoms with Crippen LogP contribution in [-0.4, -0.2) is 10.8 Å². The third-order valence-electron chi connectivity index (χ3n) is 4.10. The lowest BCUT2D eigenvalue weighted by Crippen LogP contribution is -2.22. The number of aryl methyl sites for hydroxylation is 2. The Balaban J connectivity index is 1.65. The van der Waals surface area contributed by atoms with Crippen molar-refractivity contribution in [2.45, 2.75) is 26.9 Å². The molecule has 1 aliphatic rings. The van der Waals surface area contributed by atoms with Gasteiger partial charge in [-0.2, -0.15) is 0 Å². The van der Waals surface area contributed by atoms with Crippen LogP contribution in [0.5, 0.6) is 0 Å². The van der Waals surface area contributed by atoms with Crippen LogP contribution in [0.3, 0.4) is 0 Å². The van der Waals surface area contributed by atoms with Gasteiger partial charge in [-0.15, -0.1) is 11.3 Å². The summed E-state index contributed by atoms with van der Waals surface area (Å²) in [7, 11) is 0. The number of halogens is 1. The molecule has 0 spiro atoms. The van der Waals surface area contributed by atoms with E-state index in [0.29, 0.717) is 18.7 Å². The van der Waals surface area contributed by atoms with E-state index in [-0.39, 0.29) is 5.82 Å². The summed E-state index contributed by atoms with van der Waals surface area (Å²) in [5, 5.41) is 4.51. The monoisotopic (exact) mass is 325 g/mol. The van der Waals surface area contributed by atoms with Crippen LogP contribution in [0.15, 0.2) is 35.3 Å². The number of benzene rings is 1. The molecule has 0 radical (unpaired) electrons. The minimum Gasteiger partial charge on any atom is -0.365 e. The molecule has 3 nitrogen and oxygen atoms in total. The van der Waals surface area contributed by atoms with Gasteiger partial charge in [0.05, 0.1) is 11.4 Å². The normalized spacial score (nSPS) is 13.3. The average Bonchev–Trinajstić information content (AvgIpc) is 3.05. The molecule has 0 bridgehead atoms. The number of hydrogen-bond donors (Lipinski definition) is 1. The maximum absolute atomic E-state index is 13.7. The number of pyridine rings is 1. The second kappa shape index (κ2) is 5.42. The van der Waals surface area contributed by atoms with E-state index in [2.05, 4.69) is 28.3 Å². The van der Waals surface area contributed by atoms with Gasteiger partial charge in [-0.3, -0.25) is 4.99 Å². The maximum atomic E-state index is 13.7. The first-order valence-corrected chi connectivity index (χ1v) is 8.37. The summed E-state index contributed by atoms with van der Waals surface area (Å²) in [6.07, 6.45) is 0. The lowest BCUT2D eigenvalue weighted by Gasteiger charge is -2.06. The Morgan fingerprint density at radius 2 is 2.09 bits per heavy atom. The minimum atomic E-state index is -0.191. The van der Waals surface area contributed by atoms with Gasteiger partial charge in [-0.05, 0) is 31.5 Å². The molecule has 0 aliphatic carbocycles. The van der Waals surface area contributed by atoms with Crippen LogP contribution in [0.2, 0.25) is 0 Å². The number of nitrogens with one attached hydrogen (secondary N) is 1. The Morgan fingerprint density at radius 3 is 2.91 bits per heavy atom. The highest BCUT2D eigenvalue weighted by atomic mass is 32.1. The SMILES string of the molecule is Cc1cc(C)c2c3c(sc2n1)C(NCc1ccccc1F)=NC3. The Morgan fingerprint density at radius 1 is 1.26 bits per heavy atom. The van der Waals surface area contributed by atoms with Crippen molar-refractivity contribution in [3.05, 3.63) is 63.4 Å². The van der Waals surface area contributed by atoms with Gasteiger partial charge in [0.25, 0.3) is 0 Å².